The Hall–Kier alpha value is -3.02. The fraction of sp³-hybridized carbons (Fsp3) is 0.300. The molecule has 2 amide bonds. The van der Waals surface area contributed by atoms with Crippen LogP contribution < -0.4 is 20.1 Å². The van der Waals surface area contributed by atoms with Gasteiger partial charge in [-0.2, -0.15) is 0 Å². The standard InChI is InChI=1S/C20H24N2O4/c1-14(23)22-19(16-7-9-17(25-2)10-8-16)12-20(24)21-13-15-5-4-6-18(11-15)26-3/h4-11,19H,12-13H2,1-3H3,(H,21,24)(H,22,23). The van der Waals surface area contributed by atoms with E-state index in [2.05, 4.69) is 10.6 Å². The summed E-state index contributed by atoms with van der Waals surface area (Å²) in [6.07, 6.45) is 0.149. The molecular formula is C20H24N2O4. The number of hydrogen-bond acceptors (Lipinski definition) is 4. The van der Waals surface area contributed by atoms with Crippen LogP contribution in [-0.4, -0.2) is 26.0 Å². The molecule has 0 radical (unpaired) electrons. The Morgan fingerprint density at radius 1 is 1.00 bits per heavy atom. The Morgan fingerprint density at radius 2 is 1.69 bits per heavy atom. The van der Waals surface area contributed by atoms with Crippen molar-refractivity contribution in [1.29, 1.82) is 0 Å². The third-order valence-electron chi connectivity index (χ3n) is 3.91. The van der Waals surface area contributed by atoms with Crippen molar-refractivity contribution in [3.05, 3.63) is 59.7 Å². The van der Waals surface area contributed by atoms with Gasteiger partial charge in [-0.05, 0) is 35.4 Å². The first-order valence-corrected chi connectivity index (χ1v) is 8.32. The molecule has 0 aliphatic heterocycles. The number of carbonyl (C=O) groups is 2. The lowest BCUT2D eigenvalue weighted by Crippen LogP contribution is -2.32. The maximum absolute atomic E-state index is 12.3. The van der Waals surface area contributed by atoms with E-state index in [1.54, 1.807) is 26.4 Å². The van der Waals surface area contributed by atoms with Gasteiger partial charge in [0.15, 0.2) is 0 Å². The lowest BCUT2D eigenvalue weighted by atomic mass is 10.0. The highest BCUT2D eigenvalue weighted by molar-refractivity contribution is 5.79. The molecule has 1 unspecified atom stereocenters. The van der Waals surface area contributed by atoms with Crippen LogP contribution in [0.15, 0.2) is 48.5 Å². The molecule has 2 aromatic carbocycles. The summed E-state index contributed by atoms with van der Waals surface area (Å²) in [7, 11) is 3.19. The second kappa shape index (κ2) is 9.46. The van der Waals surface area contributed by atoms with E-state index in [1.807, 2.05) is 36.4 Å². The van der Waals surface area contributed by atoms with E-state index in [9.17, 15) is 9.59 Å². The minimum absolute atomic E-state index is 0.149. The zero-order valence-electron chi connectivity index (χ0n) is 15.2. The number of ether oxygens (including phenoxy) is 2. The first kappa shape index (κ1) is 19.3. The zero-order chi connectivity index (χ0) is 18.9. The smallest absolute Gasteiger partial charge is 0.222 e. The van der Waals surface area contributed by atoms with Gasteiger partial charge in [0.1, 0.15) is 11.5 Å². The number of carbonyl (C=O) groups excluding carboxylic acids is 2. The average Bonchev–Trinajstić information content (AvgIpc) is 2.65. The molecule has 2 aromatic rings. The van der Waals surface area contributed by atoms with E-state index in [0.29, 0.717) is 6.54 Å². The van der Waals surface area contributed by atoms with Crippen LogP contribution in [-0.2, 0) is 16.1 Å². The van der Waals surface area contributed by atoms with Crippen LogP contribution in [0, 0.1) is 0 Å². The molecule has 138 valence electrons. The van der Waals surface area contributed by atoms with Crippen LogP contribution in [0.1, 0.15) is 30.5 Å². The van der Waals surface area contributed by atoms with E-state index in [0.717, 1.165) is 22.6 Å². The monoisotopic (exact) mass is 356 g/mol. The molecule has 0 fully saturated rings. The lowest BCUT2D eigenvalue weighted by Gasteiger charge is -2.18. The van der Waals surface area contributed by atoms with Crippen molar-refractivity contribution in [1.82, 2.24) is 10.6 Å². The zero-order valence-corrected chi connectivity index (χ0v) is 15.2. The number of hydrogen-bond donors (Lipinski definition) is 2. The molecule has 0 spiro atoms. The van der Waals surface area contributed by atoms with Gasteiger partial charge in [0, 0.05) is 13.5 Å². The van der Waals surface area contributed by atoms with Crippen molar-refractivity contribution in [3.63, 3.8) is 0 Å². The Balaban J connectivity index is 1.99. The minimum atomic E-state index is -0.399. The first-order valence-electron chi connectivity index (χ1n) is 8.32. The van der Waals surface area contributed by atoms with Gasteiger partial charge in [-0.1, -0.05) is 24.3 Å². The summed E-state index contributed by atoms with van der Waals surface area (Å²) >= 11 is 0. The molecule has 2 rings (SSSR count). The normalized spacial score (nSPS) is 11.3. The van der Waals surface area contributed by atoms with Crippen molar-refractivity contribution in [3.8, 4) is 11.5 Å². The molecular weight excluding hydrogens is 332 g/mol. The van der Waals surface area contributed by atoms with Crippen molar-refractivity contribution in [2.24, 2.45) is 0 Å². The van der Waals surface area contributed by atoms with Gasteiger partial charge >= 0.3 is 0 Å². The highest BCUT2D eigenvalue weighted by atomic mass is 16.5. The maximum Gasteiger partial charge on any atom is 0.222 e. The van der Waals surface area contributed by atoms with E-state index in [1.165, 1.54) is 6.92 Å². The third kappa shape index (κ3) is 5.81. The van der Waals surface area contributed by atoms with Crippen LogP contribution in [0.2, 0.25) is 0 Å². The van der Waals surface area contributed by atoms with E-state index in [4.69, 9.17) is 9.47 Å². The van der Waals surface area contributed by atoms with E-state index in [-0.39, 0.29) is 18.2 Å². The number of amides is 2. The van der Waals surface area contributed by atoms with Gasteiger partial charge in [0.2, 0.25) is 11.8 Å². The fourth-order valence-electron chi connectivity index (χ4n) is 2.57. The molecule has 0 saturated carbocycles. The molecule has 0 aliphatic carbocycles. The molecule has 0 heterocycles. The topological polar surface area (TPSA) is 76.7 Å². The third-order valence-corrected chi connectivity index (χ3v) is 3.91. The molecule has 0 bridgehead atoms. The van der Waals surface area contributed by atoms with Gasteiger partial charge in [-0.3, -0.25) is 9.59 Å². The van der Waals surface area contributed by atoms with Crippen LogP contribution in [0.5, 0.6) is 11.5 Å². The molecule has 0 aromatic heterocycles. The molecule has 0 aliphatic rings. The van der Waals surface area contributed by atoms with Crippen LogP contribution >= 0.6 is 0 Å². The predicted octanol–water partition coefficient (Wildman–Crippen LogP) is 2.59. The highest BCUT2D eigenvalue weighted by Gasteiger charge is 2.17. The Kier molecular flexibility index (Phi) is 7.02. The summed E-state index contributed by atoms with van der Waals surface area (Å²) in [6.45, 7) is 1.83. The van der Waals surface area contributed by atoms with Gasteiger partial charge < -0.3 is 20.1 Å². The second-order valence-electron chi connectivity index (χ2n) is 5.86. The first-order chi connectivity index (χ1) is 12.5. The molecule has 0 saturated heterocycles. The van der Waals surface area contributed by atoms with Gasteiger partial charge in [0.05, 0.1) is 26.7 Å². The predicted molar refractivity (Wildman–Crippen MR) is 99.0 cm³/mol. The molecule has 2 N–H and O–H groups in total. The summed E-state index contributed by atoms with van der Waals surface area (Å²) < 4.78 is 10.3. The fourth-order valence-corrected chi connectivity index (χ4v) is 2.57. The largest absolute Gasteiger partial charge is 0.497 e. The minimum Gasteiger partial charge on any atom is -0.497 e. The molecule has 1 atom stereocenters. The van der Waals surface area contributed by atoms with Crippen molar-refractivity contribution in [2.75, 3.05) is 14.2 Å². The van der Waals surface area contributed by atoms with Crippen LogP contribution in [0.4, 0.5) is 0 Å². The quantitative estimate of drug-likeness (QED) is 0.762. The second-order valence-corrected chi connectivity index (χ2v) is 5.86. The Bertz CT molecular complexity index is 744. The van der Waals surface area contributed by atoms with Crippen molar-refractivity contribution in [2.45, 2.75) is 25.9 Å². The van der Waals surface area contributed by atoms with Gasteiger partial charge in [-0.15, -0.1) is 0 Å². The average molecular weight is 356 g/mol. The SMILES string of the molecule is COc1ccc(C(CC(=O)NCc2cccc(OC)c2)NC(C)=O)cc1. The summed E-state index contributed by atoms with van der Waals surface area (Å²) in [5, 5.41) is 5.70. The number of rotatable bonds is 8. The lowest BCUT2D eigenvalue weighted by molar-refractivity contribution is -0.122. The maximum atomic E-state index is 12.3. The van der Waals surface area contributed by atoms with E-state index < -0.39 is 6.04 Å². The van der Waals surface area contributed by atoms with E-state index >= 15 is 0 Å². The number of methoxy groups -OCH3 is 2. The van der Waals surface area contributed by atoms with Gasteiger partial charge in [0.25, 0.3) is 0 Å². The van der Waals surface area contributed by atoms with Crippen molar-refractivity contribution >= 4 is 11.8 Å². The molecule has 6 heteroatoms. The van der Waals surface area contributed by atoms with Crippen molar-refractivity contribution < 1.29 is 19.1 Å². The van der Waals surface area contributed by atoms with Crippen LogP contribution in [0.25, 0.3) is 0 Å². The summed E-state index contributed by atoms with van der Waals surface area (Å²) in [5.74, 6) is 1.12. The molecule has 6 nitrogen and oxygen atoms in total. The van der Waals surface area contributed by atoms with Gasteiger partial charge in [-0.25, -0.2) is 0 Å². The molecule has 26 heavy (non-hydrogen) atoms. The summed E-state index contributed by atoms with van der Waals surface area (Å²) in [4.78, 5) is 23.8. The number of nitrogens with one attached hydrogen (secondary N) is 2. The Labute approximate surface area is 153 Å². The summed E-state index contributed by atoms with van der Waals surface area (Å²) in [5.41, 5.74) is 1.79. The van der Waals surface area contributed by atoms with Crippen LogP contribution in [0.3, 0.4) is 0 Å². The highest BCUT2D eigenvalue weighted by Crippen LogP contribution is 2.20. The Morgan fingerprint density at radius 3 is 2.31 bits per heavy atom. The number of benzene rings is 2. The summed E-state index contributed by atoms with van der Waals surface area (Å²) in [6, 6.07) is 14.4.